The van der Waals surface area contributed by atoms with E-state index in [1.807, 2.05) is 6.07 Å². The topological polar surface area (TPSA) is 59.0 Å². The summed E-state index contributed by atoms with van der Waals surface area (Å²) in [7, 11) is 0. The second kappa shape index (κ2) is 5.07. The Morgan fingerprint density at radius 2 is 2.06 bits per heavy atom. The van der Waals surface area contributed by atoms with Gasteiger partial charge in [0.05, 0.1) is 11.3 Å². The zero-order valence-corrected chi connectivity index (χ0v) is 10.7. The van der Waals surface area contributed by atoms with E-state index in [4.69, 9.17) is 15.7 Å². The number of ether oxygens (including phenoxy) is 1. The highest BCUT2D eigenvalue weighted by Crippen LogP contribution is 2.33. The van der Waals surface area contributed by atoms with Crippen molar-refractivity contribution >= 4 is 21.6 Å². The minimum absolute atomic E-state index is 0.0768. The van der Waals surface area contributed by atoms with Crippen LogP contribution in [0.25, 0.3) is 0 Å². The van der Waals surface area contributed by atoms with Crippen LogP contribution in [-0.2, 0) is 0 Å². The molecule has 0 amide bonds. The average molecular weight is 307 g/mol. The first-order valence-electron chi connectivity index (χ1n) is 5.03. The summed E-state index contributed by atoms with van der Waals surface area (Å²) in [6.07, 6.45) is 0. The Morgan fingerprint density at radius 3 is 2.72 bits per heavy atom. The molecule has 0 aliphatic rings. The lowest BCUT2D eigenvalue weighted by molar-refractivity contribution is 0.443. The van der Waals surface area contributed by atoms with Gasteiger partial charge in [-0.05, 0) is 30.3 Å². The number of anilines is 1. The molecule has 2 aromatic carbocycles. The summed E-state index contributed by atoms with van der Waals surface area (Å²) in [5.74, 6) is -0.394. The Hall–Kier alpha value is -2.06. The molecule has 3 nitrogen and oxygen atoms in total. The molecule has 0 aliphatic heterocycles. The molecule has 0 saturated carbocycles. The fourth-order valence-corrected chi connectivity index (χ4v) is 1.76. The standard InChI is InChI=1S/C13H8BrFN2O/c14-9-5-4-8(7-16)12(6-9)18-13-10(15)2-1-3-11(13)17/h1-6H,17H2. The fraction of sp³-hybridized carbons (Fsp3) is 0. The van der Waals surface area contributed by atoms with E-state index in [-0.39, 0.29) is 17.2 Å². The van der Waals surface area contributed by atoms with Crippen LogP contribution >= 0.6 is 15.9 Å². The van der Waals surface area contributed by atoms with Gasteiger partial charge in [-0.2, -0.15) is 5.26 Å². The van der Waals surface area contributed by atoms with E-state index in [2.05, 4.69) is 15.9 Å². The number of halogens is 2. The molecule has 18 heavy (non-hydrogen) atoms. The molecular weight excluding hydrogens is 299 g/mol. The molecule has 0 atom stereocenters. The quantitative estimate of drug-likeness (QED) is 0.858. The van der Waals surface area contributed by atoms with Crippen molar-refractivity contribution in [2.45, 2.75) is 0 Å². The van der Waals surface area contributed by atoms with Crippen molar-refractivity contribution < 1.29 is 9.13 Å². The lowest BCUT2D eigenvalue weighted by atomic mass is 10.2. The maximum Gasteiger partial charge on any atom is 0.185 e. The number of benzene rings is 2. The Balaban J connectivity index is 2.46. The van der Waals surface area contributed by atoms with Gasteiger partial charge < -0.3 is 10.5 Å². The van der Waals surface area contributed by atoms with Crippen molar-refractivity contribution in [3.8, 4) is 17.6 Å². The van der Waals surface area contributed by atoms with Crippen molar-refractivity contribution in [3.63, 3.8) is 0 Å². The molecule has 0 aromatic heterocycles. The van der Waals surface area contributed by atoms with Gasteiger partial charge in [-0.15, -0.1) is 0 Å². The van der Waals surface area contributed by atoms with Gasteiger partial charge in [0, 0.05) is 4.47 Å². The molecule has 2 aromatic rings. The van der Waals surface area contributed by atoms with Crippen LogP contribution in [0, 0.1) is 17.1 Å². The number of nitrogens with zero attached hydrogens (tertiary/aromatic N) is 1. The maximum absolute atomic E-state index is 13.6. The molecule has 0 aliphatic carbocycles. The lowest BCUT2D eigenvalue weighted by Crippen LogP contribution is -1.96. The van der Waals surface area contributed by atoms with Crippen molar-refractivity contribution in [3.05, 3.63) is 52.3 Å². The minimum Gasteiger partial charge on any atom is -0.451 e. The van der Waals surface area contributed by atoms with Crippen LogP contribution in [0.4, 0.5) is 10.1 Å². The van der Waals surface area contributed by atoms with Crippen molar-refractivity contribution in [1.29, 1.82) is 5.26 Å². The summed E-state index contributed by atoms with van der Waals surface area (Å²) in [5.41, 5.74) is 6.13. The minimum atomic E-state index is -0.570. The third-order valence-electron chi connectivity index (χ3n) is 2.27. The normalized spacial score (nSPS) is 9.83. The lowest BCUT2D eigenvalue weighted by Gasteiger charge is -2.10. The van der Waals surface area contributed by atoms with E-state index in [1.165, 1.54) is 18.2 Å². The van der Waals surface area contributed by atoms with Crippen LogP contribution < -0.4 is 10.5 Å². The number of nitriles is 1. The molecule has 0 saturated heterocycles. The predicted molar refractivity (Wildman–Crippen MR) is 69.7 cm³/mol. The number of hydrogen-bond donors (Lipinski definition) is 1. The predicted octanol–water partition coefficient (Wildman–Crippen LogP) is 3.83. The summed E-state index contributed by atoms with van der Waals surface area (Å²) in [6.45, 7) is 0. The first-order chi connectivity index (χ1) is 8.61. The monoisotopic (exact) mass is 306 g/mol. The van der Waals surface area contributed by atoms with Gasteiger partial charge in [-0.1, -0.05) is 22.0 Å². The highest BCUT2D eigenvalue weighted by molar-refractivity contribution is 9.10. The van der Waals surface area contributed by atoms with E-state index in [0.29, 0.717) is 5.56 Å². The van der Waals surface area contributed by atoms with E-state index >= 15 is 0 Å². The third-order valence-corrected chi connectivity index (χ3v) is 2.77. The van der Waals surface area contributed by atoms with Crippen LogP contribution in [0.5, 0.6) is 11.5 Å². The van der Waals surface area contributed by atoms with Crippen LogP contribution in [-0.4, -0.2) is 0 Å². The highest BCUT2D eigenvalue weighted by Gasteiger charge is 2.11. The van der Waals surface area contributed by atoms with E-state index in [1.54, 1.807) is 18.2 Å². The van der Waals surface area contributed by atoms with Gasteiger partial charge in [0.2, 0.25) is 0 Å². The van der Waals surface area contributed by atoms with Crippen LogP contribution in [0.2, 0.25) is 0 Å². The molecule has 0 fully saturated rings. The molecular formula is C13H8BrFN2O. The van der Waals surface area contributed by atoms with Crippen molar-refractivity contribution in [2.24, 2.45) is 0 Å². The smallest absolute Gasteiger partial charge is 0.185 e. The first kappa shape index (κ1) is 12.4. The van der Waals surface area contributed by atoms with E-state index < -0.39 is 5.82 Å². The third kappa shape index (κ3) is 2.44. The maximum atomic E-state index is 13.6. The summed E-state index contributed by atoms with van der Waals surface area (Å²) in [4.78, 5) is 0. The summed E-state index contributed by atoms with van der Waals surface area (Å²) in [6, 6.07) is 11.1. The van der Waals surface area contributed by atoms with Gasteiger partial charge in [0.15, 0.2) is 11.6 Å². The summed E-state index contributed by atoms with van der Waals surface area (Å²) >= 11 is 3.26. The van der Waals surface area contributed by atoms with Gasteiger partial charge in [0.25, 0.3) is 0 Å². The Labute approximate surface area is 112 Å². The summed E-state index contributed by atoms with van der Waals surface area (Å²) in [5, 5.41) is 8.96. The molecule has 2 N–H and O–H groups in total. The second-order valence-electron chi connectivity index (χ2n) is 3.51. The molecule has 0 unspecified atom stereocenters. The molecule has 90 valence electrons. The average Bonchev–Trinajstić information content (AvgIpc) is 2.34. The number of nitrogen functional groups attached to an aromatic ring is 1. The summed E-state index contributed by atoms with van der Waals surface area (Å²) < 4.78 is 19.7. The SMILES string of the molecule is N#Cc1ccc(Br)cc1Oc1c(N)cccc1F. The molecule has 0 radical (unpaired) electrons. The fourth-order valence-electron chi connectivity index (χ4n) is 1.42. The Bertz CT molecular complexity index is 617. The highest BCUT2D eigenvalue weighted by atomic mass is 79.9. The van der Waals surface area contributed by atoms with Crippen LogP contribution in [0.1, 0.15) is 5.56 Å². The van der Waals surface area contributed by atoms with Crippen LogP contribution in [0.3, 0.4) is 0 Å². The zero-order valence-electron chi connectivity index (χ0n) is 9.15. The number of nitrogens with two attached hydrogens (primary N) is 1. The van der Waals surface area contributed by atoms with Gasteiger partial charge in [-0.3, -0.25) is 0 Å². The Morgan fingerprint density at radius 1 is 1.28 bits per heavy atom. The first-order valence-corrected chi connectivity index (χ1v) is 5.82. The van der Waals surface area contributed by atoms with E-state index in [0.717, 1.165) is 4.47 Å². The van der Waals surface area contributed by atoms with Crippen molar-refractivity contribution in [2.75, 3.05) is 5.73 Å². The van der Waals surface area contributed by atoms with Crippen LogP contribution in [0.15, 0.2) is 40.9 Å². The molecule has 5 heteroatoms. The number of rotatable bonds is 2. The Kier molecular flexibility index (Phi) is 3.49. The second-order valence-corrected chi connectivity index (χ2v) is 4.43. The molecule has 0 bridgehead atoms. The van der Waals surface area contributed by atoms with Gasteiger partial charge in [0.1, 0.15) is 11.8 Å². The van der Waals surface area contributed by atoms with E-state index in [9.17, 15) is 4.39 Å². The zero-order chi connectivity index (χ0) is 13.1. The van der Waals surface area contributed by atoms with Gasteiger partial charge in [-0.25, -0.2) is 4.39 Å². The molecule has 0 spiro atoms. The molecule has 0 heterocycles. The van der Waals surface area contributed by atoms with Crippen molar-refractivity contribution in [1.82, 2.24) is 0 Å². The van der Waals surface area contributed by atoms with Gasteiger partial charge >= 0.3 is 0 Å². The molecule has 2 rings (SSSR count). The number of para-hydroxylation sites is 1. The largest absolute Gasteiger partial charge is 0.451 e. The number of hydrogen-bond acceptors (Lipinski definition) is 3.